The SMILES string of the molecule is CCC1CNC(C(C)C)CN1Cc1ncnn1CC. The van der Waals surface area contributed by atoms with E-state index in [9.17, 15) is 0 Å². The second kappa shape index (κ2) is 6.48. The van der Waals surface area contributed by atoms with Crippen LogP contribution in [0.15, 0.2) is 6.33 Å². The smallest absolute Gasteiger partial charge is 0.141 e. The first-order chi connectivity index (χ1) is 9.15. The summed E-state index contributed by atoms with van der Waals surface area (Å²) in [6.07, 6.45) is 2.85. The zero-order valence-electron chi connectivity index (χ0n) is 12.6. The second-order valence-electron chi connectivity index (χ2n) is 5.74. The van der Waals surface area contributed by atoms with Crippen molar-refractivity contribution in [3.05, 3.63) is 12.2 Å². The maximum atomic E-state index is 4.41. The molecule has 1 N–H and O–H groups in total. The highest BCUT2D eigenvalue weighted by Gasteiger charge is 2.29. The molecule has 0 bridgehead atoms. The molecule has 0 aliphatic carbocycles. The van der Waals surface area contributed by atoms with Crippen LogP contribution in [-0.4, -0.2) is 44.8 Å². The van der Waals surface area contributed by atoms with E-state index >= 15 is 0 Å². The van der Waals surface area contributed by atoms with Gasteiger partial charge in [0.15, 0.2) is 0 Å². The fraction of sp³-hybridized carbons (Fsp3) is 0.857. The van der Waals surface area contributed by atoms with Crippen LogP contribution >= 0.6 is 0 Å². The lowest BCUT2D eigenvalue weighted by Crippen LogP contribution is -2.57. The molecule has 1 fully saturated rings. The fourth-order valence-corrected chi connectivity index (χ4v) is 2.78. The van der Waals surface area contributed by atoms with E-state index in [0.29, 0.717) is 18.0 Å². The largest absolute Gasteiger partial charge is 0.311 e. The minimum Gasteiger partial charge on any atom is -0.311 e. The number of nitrogens with zero attached hydrogens (tertiary/aromatic N) is 4. The van der Waals surface area contributed by atoms with Crippen molar-refractivity contribution in [1.29, 1.82) is 0 Å². The Labute approximate surface area is 116 Å². The number of hydrogen-bond acceptors (Lipinski definition) is 4. The summed E-state index contributed by atoms with van der Waals surface area (Å²) >= 11 is 0. The van der Waals surface area contributed by atoms with E-state index in [1.807, 2.05) is 4.68 Å². The third-order valence-electron chi connectivity index (χ3n) is 4.18. The Morgan fingerprint density at radius 3 is 2.84 bits per heavy atom. The van der Waals surface area contributed by atoms with E-state index in [-0.39, 0.29) is 0 Å². The lowest BCUT2D eigenvalue weighted by Gasteiger charge is -2.41. The van der Waals surface area contributed by atoms with Crippen LogP contribution in [0.25, 0.3) is 0 Å². The monoisotopic (exact) mass is 265 g/mol. The van der Waals surface area contributed by atoms with Gasteiger partial charge >= 0.3 is 0 Å². The fourth-order valence-electron chi connectivity index (χ4n) is 2.78. The van der Waals surface area contributed by atoms with Crippen molar-refractivity contribution in [2.45, 2.75) is 59.3 Å². The van der Waals surface area contributed by atoms with E-state index in [0.717, 1.165) is 32.0 Å². The van der Waals surface area contributed by atoms with Crippen LogP contribution in [0.5, 0.6) is 0 Å². The van der Waals surface area contributed by atoms with Crippen LogP contribution < -0.4 is 5.32 Å². The molecule has 2 rings (SSSR count). The summed E-state index contributed by atoms with van der Waals surface area (Å²) in [6.45, 7) is 13.0. The third kappa shape index (κ3) is 3.34. The number of piperazine rings is 1. The van der Waals surface area contributed by atoms with Crippen LogP contribution in [-0.2, 0) is 13.1 Å². The van der Waals surface area contributed by atoms with Crippen LogP contribution in [0.4, 0.5) is 0 Å². The molecule has 1 aromatic rings. The predicted octanol–water partition coefficient (Wildman–Crippen LogP) is 1.51. The summed E-state index contributed by atoms with van der Waals surface area (Å²) in [6, 6.07) is 1.19. The molecule has 19 heavy (non-hydrogen) atoms. The molecular weight excluding hydrogens is 238 g/mol. The van der Waals surface area contributed by atoms with Gasteiger partial charge in [-0.1, -0.05) is 20.8 Å². The van der Waals surface area contributed by atoms with E-state index in [2.05, 4.69) is 48.0 Å². The van der Waals surface area contributed by atoms with Crippen LogP contribution in [0, 0.1) is 5.92 Å². The summed E-state index contributed by atoms with van der Waals surface area (Å²) in [5, 5.41) is 7.94. The van der Waals surface area contributed by atoms with Crippen molar-refractivity contribution in [3.8, 4) is 0 Å². The van der Waals surface area contributed by atoms with Crippen molar-refractivity contribution >= 4 is 0 Å². The summed E-state index contributed by atoms with van der Waals surface area (Å²) in [5.74, 6) is 1.76. The van der Waals surface area contributed by atoms with Crippen molar-refractivity contribution in [1.82, 2.24) is 25.0 Å². The van der Waals surface area contributed by atoms with Crippen molar-refractivity contribution in [2.24, 2.45) is 5.92 Å². The molecule has 2 heterocycles. The summed E-state index contributed by atoms with van der Waals surface area (Å²) in [5.41, 5.74) is 0. The van der Waals surface area contributed by atoms with Crippen LogP contribution in [0.3, 0.4) is 0 Å². The van der Waals surface area contributed by atoms with Gasteiger partial charge in [-0.2, -0.15) is 5.10 Å². The second-order valence-corrected chi connectivity index (χ2v) is 5.74. The third-order valence-corrected chi connectivity index (χ3v) is 4.18. The van der Waals surface area contributed by atoms with Gasteiger partial charge < -0.3 is 5.32 Å². The Hall–Kier alpha value is -0.940. The maximum absolute atomic E-state index is 4.41. The normalized spacial score (nSPS) is 25.1. The number of aromatic nitrogens is 3. The van der Waals surface area contributed by atoms with Gasteiger partial charge in [-0.25, -0.2) is 9.67 Å². The van der Waals surface area contributed by atoms with Crippen LogP contribution in [0.1, 0.15) is 39.9 Å². The van der Waals surface area contributed by atoms with Gasteiger partial charge in [-0.3, -0.25) is 4.90 Å². The van der Waals surface area contributed by atoms with Gasteiger partial charge in [0.25, 0.3) is 0 Å². The highest BCUT2D eigenvalue weighted by Crippen LogP contribution is 2.17. The average molecular weight is 265 g/mol. The molecule has 0 radical (unpaired) electrons. The predicted molar refractivity (Wildman–Crippen MR) is 76.8 cm³/mol. The molecule has 0 saturated carbocycles. The number of hydrogen-bond donors (Lipinski definition) is 1. The highest BCUT2D eigenvalue weighted by atomic mass is 15.4. The first kappa shape index (κ1) is 14.5. The summed E-state index contributed by atoms with van der Waals surface area (Å²) < 4.78 is 2.00. The minimum atomic E-state index is 0.584. The molecule has 2 unspecified atom stereocenters. The van der Waals surface area contributed by atoms with E-state index < -0.39 is 0 Å². The molecule has 0 spiro atoms. The lowest BCUT2D eigenvalue weighted by atomic mass is 9.98. The molecule has 1 aromatic heterocycles. The number of rotatable bonds is 5. The molecule has 1 aliphatic rings. The molecule has 108 valence electrons. The molecular formula is C14H27N5. The van der Waals surface area contributed by atoms with Gasteiger partial charge in [0.05, 0.1) is 6.54 Å². The molecule has 5 heteroatoms. The molecule has 5 nitrogen and oxygen atoms in total. The first-order valence-corrected chi connectivity index (χ1v) is 7.49. The van der Waals surface area contributed by atoms with E-state index in [1.165, 1.54) is 6.42 Å². The maximum Gasteiger partial charge on any atom is 0.141 e. The Balaban J connectivity index is 2.06. The molecule has 1 aliphatic heterocycles. The number of aryl methyl sites for hydroxylation is 1. The Kier molecular flexibility index (Phi) is 4.93. The Morgan fingerprint density at radius 1 is 1.42 bits per heavy atom. The van der Waals surface area contributed by atoms with Gasteiger partial charge in [0.1, 0.15) is 12.2 Å². The zero-order chi connectivity index (χ0) is 13.8. The summed E-state index contributed by atoms with van der Waals surface area (Å²) in [4.78, 5) is 6.98. The lowest BCUT2D eigenvalue weighted by molar-refractivity contribution is 0.0989. The van der Waals surface area contributed by atoms with Crippen molar-refractivity contribution in [2.75, 3.05) is 13.1 Å². The van der Waals surface area contributed by atoms with Crippen molar-refractivity contribution < 1.29 is 0 Å². The highest BCUT2D eigenvalue weighted by molar-refractivity contribution is 4.92. The van der Waals surface area contributed by atoms with E-state index in [4.69, 9.17) is 0 Å². The molecule has 0 aromatic carbocycles. The molecule has 0 amide bonds. The van der Waals surface area contributed by atoms with Gasteiger partial charge in [0, 0.05) is 31.7 Å². The zero-order valence-corrected chi connectivity index (χ0v) is 12.6. The van der Waals surface area contributed by atoms with Gasteiger partial charge in [-0.15, -0.1) is 0 Å². The van der Waals surface area contributed by atoms with Gasteiger partial charge in [0.2, 0.25) is 0 Å². The minimum absolute atomic E-state index is 0.584. The number of nitrogens with one attached hydrogen (secondary N) is 1. The summed E-state index contributed by atoms with van der Waals surface area (Å²) in [7, 11) is 0. The standard InChI is InChI=1S/C14H27N5/c1-5-12-7-15-13(11(3)4)8-18(12)9-14-16-10-17-19(14)6-2/h10-13,15H,5-9H2,1-4H3. The Morgan fingerprint density at radius 2 is 2.21 bits per heavy atom. The van der Waals surface area contributed by atoms with Crippen molar-refractivity contribution in [3.63, 3.8) is 0 Å². The van der Waals surface area contributed by atoms with Crippen LogP contribution in [0.2, 0.25) is 0 Å². The molecule has 1 saturated heterocycles. The Bertz CT molecular complexity index is 387. The average Bonchev–Trinajstić information content (AvgIpc) is 2.85. The molecule has 2 atom stereocenters. The van der Waals surface area contributed by atoms with Gasteiger partial charge in [-0.05, 0) is 19.3 Å². The van der Waals surface area contributed by atoms with E-state index in [1.54, 1.807) is 6.33 Å². The first-order valence-electron chi connectivity index (χ1n) is 7.49. The quantitative estimate of drug-likeness (QED) is 0.876. The topological polar surface area (TPSA) is 46.0 Å².